The number of fused-ring (bicyclic) bond motifs is 1. The quantitative estimate of drug-likeness (QED) is 0.210. The monoisotopic (exact) mass is 530 g/mol. The van der Waals surface area contributed by atoms with Crippen LogP contribution < -0.4 is 33.9 Å². The van der Waals surface area contributed by atoms with Crippen molar-refractivity contribution in [1.82, 2.24) is 5.32 Å². The molecule has 0 spiro atoms. The smallest absolute Gasteiger partial charge is 0.343 e. The van der Waals surface area contributed by atoms with Crippen LogP contribution in [0.1, 0.15) is 22.8 Å². The van der Waals surface area contributed by atoms with Crippen LogP contribution in [0.4, 0.5) is 10.5 Å². The number of hydrogen-bond acceptors (Lipinski definition) is 9. The summed E-state index contributed by atoms with van der Waals surface area (Å²) in [6.07, 6.45) is 1.32. The summed E-state index contributed by atoms with van der Waals surface area (Å²) in [7, 11) is 1.41. The highest BCUT2D eigenvalue weighted by Gasteiger charge is 2.38. The summed E-state index contributed by atoms with van der Waals surface area (Å²) in [5, 5.41) is 2.18. The van der Waals surface area contributed by atoms with Crippen molar-refractivity contribution in [3.05, 3.63) is 77.4 Å². The van der Waals surface area contributed by atoms with E-state index in [1.165, 1.54) is 37.5 Å². The number of esters is 1. The van der Waals surface area contributed by atoms with Gasteiger partial charge in [-0.05, 0) is 61.0 Å². The van der Waals surface area contributed by atoms with Gasteiger partial charge in [-0.15, -0.1) is 0 Å². The number of para-hydroxylation sites is 2. The van der Waals surface area contributed by atoms with E-state index in [9.17, 15) is 19.2 Å². The van der Waals surface area contributed by atoms with E-state index in [0.29, 0.717) is 17.1 Å². The molecule has 0 saturated carbocycles. The fourth-order valence-corrected chi connectivity index (χ4v) is 4.01. The molecule has 1 fully saturated rings. The summed E-state index contributed by atoms with van der Waals surface area (Å²) >= 11 is 0. The number of anilines is 1. The number of urea groups is 1. The molecule has 0 atom stereocenters. The molecule has 5 rings (SSSR count). The Hall–Kier alpha value is -5.32. The molecule has 11 heteroatoms. The third kappa shape index (κ3) is 4.97. The number of nitrogens with zero attached hydrogens (tertiary/aromatic N) is 1. The second kappa shape index (κ2) is 10.6. The summed E-state index contributed by atoms with van der Waals surface area (Å²) in [5.41, 5.74) is 0.544. The Morgan fingerprint density at radius 1 is 0.974 bits per heavy atom. The zero-order valence-electron chi connectivity index (χ0n) is 20.9. The molecule has 3 aromatic carbocycles. The molecule has 4 amide bonds. The first-order valence-electron chi connectivity index (χ1n) is 11.8. The SMILES string of the molecule is CCOc1cc(/C=C2\C(=O)NC(=O)N(c3ccccc3OC)C2=O)ccc1OC(=O)c1ccc2c(c1)OCO2. The van der Waals surface area contributed by atoms with E-state index < -0.39 is 23.8 Å². The van der Waals surface area contributed by atoms with E-state index >= 15 is 0 Å². The molecule has 0 radical (unpaired) electrons. The number of hydrogen-bond donors (Lipinski definition) is 1. The first kappa shape index (κ1) is 25.3. The van der Waals surface area contributed by atoms with Crippen molar-refractivity contribution in [2.24, 2.45) is 0 Å². The Bertz CT molecular complexity index is 1530. The van der Waals surface area contributed by atoms with Crippen LogP contribution in [0.2, 0.25) is 0 Å². The number of carbonyl (C=O) groups is 4. The maximum absolute atomic E-state index is 13.3. The van der Waals surface area contributed by atoms with Crippen molar-refractivity contribution in [2.45, 2.75) is 6.92 Å². The van der Waals surface area contributed by atoms with Gasteiger partial charge < -0.3 is 23.7 Å². The molecule has 11 nitrogen and oxygen atoms in total. The first-order valence-corrected chi connectivity index (χ1v) is 11.8. The van der Waals surface area contributed by atoms with Crippen molar-refractivity contribution < 1.29 is 42.9 Å². The molecule has 0 bridgehead atoms. The van der Waals surface area contributed by atoms with Gasteiger partial charge in [0.1, 0.15) is 11.3 Å². The molecule has 2 aliphatic heterocycles. The number of methoxy groups -OCH3 is 1. The molecule has 1 N–H and O–H groups in total. The van der Waals surface area contributed by atoms with Crippen LogP contribution in [0.15, 0.2) is 66.2 Å². The largest absolute Gasteiger partial charge is 0.495 e. The van der Waals surface area contributed by atoms with E-state index in [0.717, 1.165) is 4.90 Å². The van der Waals surface area contributed by atoms with Gasteiger partial charge in [-0.25, -0.2) is 14.5 Å². The fraction of sp³-hybridized carbons (Fsp3) is 0.143. The van der Waals surface area contributed by atoms with Gasteiger partial charge in [0.05, 0.1) is 25.0 Å². The molecule has 0 aromatic heterocycles. The summed E-state index contributed by atoms with van der Waals surface area (Å²) in [5.74, 6) is -0.736. The van der Waals surface area contributed by atoms with E-state index in [-0.39, 0.29) is 47.5 Å². The third-order valence-electron chi connectivity index (χ3n) is 5.82. The summed E-state index contributed by atoms with van der Waals surface area (Å²) in [6, 6.07) is 14.8. The molecular weight excluding hydrogens is 508 g/mol. The average Bonchev–Trinajstić information content (AvgIpc) is 3.41. The lowest BCUT2D eigenvalue weighted by Crippen LogP contribution is -2.54. The van der Waals surface area contributed by atoms with Gasteiger partial charge in [0, 0.05) is 0 Å². The lowest BCUT2D eigenvalue weighted by Gasteiger charge is -2.27. The summed E-state index contributed by atoms with van der Waals surface area (Å²) in [6.45, 7) is 2.08. The zero-order chi connectivity index (χ0) is 27.5. The highest BCUT2D eigenvalue weighted by atomic mass is 16.7. The van der Waals surface area contributed by atoms with Crippen molar-refractivity contribution in [3.63, 3.8) is 0 Å². The number of benzene rings is 3. The molecule has 3 aromatic rings. The van der Waals surface area contributed by atoms with Crippen molar-refractivity contribution in [3.8, 4) is 28.7 Å². The van der Waals surface area contributed by atoms with E-state index in [1.807, 2.05) is 0 Å². The van der Waals surface area contributed by atoms with Gasteiger partial charge >= 0.3 is 12.0 Å². The highest BCUT2D eigenvalue weighted by Crippen LogP contribution is 2.35. The molecular formula is C28H22N2O9. The van der Waals surface area contributed by atoms with Crippen molar-refractivity contribution >= 4 is 35.6 Å². The zero-order valence-corrected chi connectivity index (χ0v) is 20.9. The number of nitrogens with one attached hydrogen (secondary N) is 1. The summed E-state index contributed by atoms with van der Waals surface area (Å²) in [4.78, 5) is 52.1. The predicted octanol–water partition coefficient (Wildman–Crippen LogP) is 3.71. The van der Waals surface area contributed by atoms with Crippen LogP contribution in [-0.2, 0) is 9.59 Å². The molecule has 2 aliphatic rings. The Morgan fingerprint density at radius 3 is 2.56 bits per heavy atom. The number of barbiturate groups is 1. The van der Waals surface area contributed by atoms with Crippen LogP contribution in [0.5, 0.6) is 28.7 Å². The number of imide groups is 2. The number of ether oxygens (including phenoxy) is 5. The fourth-order valence-electron chi connectivity index (χ4n) is 4.01. The van der Waals surface area contributed by atoms with Crippen LogP contribution in [0, 0.1) is 0 Å². The lowest BCUT2D eigenvalue weighted by atomic mass is 10.1. The maximum atomic E-state index is 13.3. The predicted molar refractivity (Wildman–Crippen MR) is 137 cm³/mol. The maximum Gasteiger partial charge on any atom is 0.343 e. The minimum Gasteiger partial charge on any atom is -0.495 e. The molecule has 198 valence electrons. The van der Waals surface area contributed by atoms with E-state index in [1.54, 1.807) is 43.3 Å². The van der Waals surface area contributed by atoms with Gasteiger partial charge in [0.25, 0.3) is 11.8 Å². The minimum atomic E-state index is -0.896. The van der Waals surface area contributed by atoms with Gasteiger partial charge in [0.2, 0.25) is 6.79 Å². The number of amides is 4. The molecule has 1 saturated heterocycles. The molecule has 2 heterocycles. The Kier molecular flexibility index (Phi) is 6.87. The molecule has 0 aliphatic carbocycles. The second-order valence-electron chi connectivity index (χ2n) is 8.23. The molecule has 39 heavy (non-hydrogen) atoms. The highest BCUT2D eigenvalue weighted by molar-refractivity contribution is 6.39. The van der Waals surface area contributed by atoms with Crippen LogP contribution in [0.25, 0.3) is 6.08 Å². The van der Waals surface area contributed by atoms with E-state index in [2.05, 4.69) is 5.32 Å². The standard InChI is InChI=1S/C28H22N2O9/c1-3-36-23-13-16(8-10-22(23)39-27(33)17-9-11-21-24(14-17)38-15-37-21)12-18-25(31)29-28(34)30(26(18)32)19-6-4-5-7-20(19)35-2/h4-14H,3,15H2,1-2H3,(H,29,31,34)/b18-12+. The van der Waals surface area contributed by atoms with Crippen molar-refractivity contribution in [2.75, 3.05) is 25.4 Å². The summed E-state index contributed by atoms with van der Waals surface area (Å²) < 4.78 is 27.0. The van der Waals surface area contributed by atoms with E-state index in [4.69, 9.17) is 23.7 Å². The third-order valence-corrected chi connectivity index (χ3v) is 5.82. The average molecular weight is 530 g/mol. The normalized spacial score (nSPS) is 15.3. The van der Waals surface area contributed by atoms with Gasteiger partial charge in [-0.2, -0.15) is 0 Å². The molecule has 0 unspecified atom stereocenters. The van der Waals surface area contributed by atoms with Gasteiger partial charge in [-0.3, -0.25) is 14.9 Å². The lowest BCUT2D eigenvalue weighted by molar-refractivity contribution is -0.122. The Labute approximate surface area is 222 Å². The van der Waals surface area contributed by atoms with Crippen LogP contribution in [-0.4, -0.2) is 44.3 Å². The second-order valence-corrected chi connectivity index (χ2v) is 8.23. The number of rotatable bonds is 7. The topological polar surface area (TPSA) is 130 Å². The Morgan fingerprint density at radius 2 is 1.77 bits per heavy atom. The van der Waals surface area contributed by atoms with Gasteiger partial charge in [0.15, 0.2) is 23.0 Å². The number of carbonyl (C=O) groups excluding carboxylic acids is 4. The minimum absolute atomic E-state index is 0.0740. The Balaban J connectivity index is 1.43. The first-order chi connectivity index (χ1) is 18.9. The van der Waals surface area contributed by atoms with Crippen LogP contribution in [0.3, 0.4) is 0 Å². The van der Waals surface area contributed by atoms with Crippen molar-refractivity contribution in [1.29, 1.82) is 0 Å². The van der Waals surface area contributed by atoms with Gasteiger partial charge in [-0.1, -0.05) is 18.2 Å². The van der Waals surface area contributed by atoms with Crippen LogP contribution >= 0.6 is 0 Å².